The lowest BCUT2D eigenvalue weighted by Crippen LogP contribution is -2.34. The zero-order valence-electron chi connectivity index (χ0n) is 21.6. The monoisotopic (exact) mass is 481 g/mol. The van der Waals surface area contributed by atoms with Crippen molar-refractivity contribution >= 4 is 16.0 Å². The molecule has 1 saturated heterocycles. The molecule has 0 aromatic heterocycles. The van der Waals surface area contributed by atoms with Gasteiger partial charge in [-0.25, -0.2) is 0 Å². The van der Waals surface area contributed by atoms with Gasteiger partial charge in [0, 0.05) is 0 Å². The quantitative estimate of drug-likeness (QED) is 0.313. The van der Waals surface area contributed by atoms with Crippen LogP contribution in [0.25, 0.3) is 0 Å². The lowest BCUT2D eigenvalue weighted by molar-refractivity contribution is -0.120. The number of hydrogen-bond donors (Lipinski definition) is 1. The van der Waals surface area contributed by atoms with Crippen LogP contribution in [0.3, 0.4) is 0 Å². The van der Waals surface area contributed by atoms with Gasteiger partial charge >= 0.3 is 0 Å². The summed E-state index contributed by atoms with van der Waals surface area (Å²) in [4.78, 5) is 12.2. The van der Waals surface area contributed by atoms with E-state index >= 15 is 0 Å². The van der Waals surface area contributed by atoms with Crippen molar-refractivity contribution in [3.63, 3.8) is 0 Å². The second-order valence-electron chi connectivity index (χ2n) is 10.3. The number of carbonyl (C=O) groups is 1. The molecule has 1 aliphatic heterocycles. The third-order valence-electron chi connectivity index (χ3n) is 6.35. The van der Waals surface area contributed by atoms with Crippen LogP contribution < -0.4 is 5.32 Å². The highest BCUT2D eigenvalue weighted by molar-refractivity contribution is 7.85. The van der Waals surface area contributed by atoms with E-state index in [2.05, 4.69) is 65.9 Å². The summed E-state index contributed by atoms with van der Waals surface area (Å²) in [5.74, 6) is 1.21. The van der Waals surface area contributed by atoms with Crippen LogP contribution in [0.15, 0.2) is 12.1 Å². The molecule has 1 N–H and O–H groups in total. The Morgan fingerprint density at radius 1 is 0.970 bits per heavy atom. The molecule has 2 rings (SSSR count). The van der Waals surface area contributed by atoms with Gasteiger partial charge in [0.2, 0.25) is 5.91 Å². The van der Waals surface area contributed by atoms with Crippen LogP contribution in [0.2, 0.25) is 0 Å². The van der Waals surface area contributed by atoms with Crippen LogP contribution in [-0.4, -0.2) is 39.3 Å². The Balaban J connectivity index is 2.18. The predicted molar refractivity (Wildman–Crippen MR) is 133 cm³/mol. The van der Waals surface area contributed by atoms with Gasteiger partial charge in [-0.05, 0) is 66.2 Å². The van der Waals surface area contributed by atoms with Gasteiger partial charge in [0.1, 0.15) is 0 Å². The molecule has 7 heteroatoms. The molecular weight excluding hydrogens is 438 g/mol. The zero-order valence-corrected chi connectivity index (χ0v) is 22.4. The summed E-state index contributed by atoms with van der Waals surface area (Å²) in [6, 6.07) is 4.58. The minimum absolute atomic E-state index is 0.00732. The fourth-order valence-corrected chi connectivity index (χ4v) is 4.99. The largest absolute Gasteiger partial charge is 0.368 e. The average Bonchev–Trinajstić information content (AvgIpc) is 3.04. The highest BCUT2D eigenvalue weighted by atomic mass is 32.2. The number of amides is 1. The molecule has 1 amide bonds. The van der Waals surface area contributed by atoms with Gasteiger partial charge in [0.15, 0.2) is 0 Å². The lowest BCUT2D eigenvalue weighted by atomic mass is 9.82. The van der Waals surface area contributed by atoms with Crippen LogP contribution in [-0.2, 0) is 23.8 Å². The van der Waals surface area contributed by atoms with Gasteiger partial charge in [-0.3, -0.25) is 8.98 Å². The summed E-state index contributed by atoms with van der Waals surface area (Å²) < 4.78 is 33.6. The summed E-state index contributed by atoms with van der Waals surface area (Å²) in [6.45, 7) is 15.6. The van der Waals surface area contributed by atoms with Gasteiger partial charge in [0.05, 0.1) is 37.5 Å². The van der Waals surface area contributed by atoms with Gasteiger partial charge in [0.25, 0.3) is 10.1 Å². The summed E-state index contributed by atoms with van der Waals surface area (Å²) in [5.41, 5.74) is 5.25. The van der Waals surface area contributed by atoms with Crippen LogP contribution in [0.4, 0.5) is 0 Å². The maximum absolute atomic E-state index is 12.2. The fraction of sp³-hybridized carbons (Fsp3) is 0.731. The van der Waals surface area contributed by atoms with Gasteiger partial charge in [-0.15, -0.1) is 0 Å². The molecule has 1 aromatic carbocycles. The van der Waals surface area contributed by atoms with E-state index in [1.54, 1.807) is 0 Å². The Kier molecular flexibility index (Phi) is 9.95. The number of rotatable bonds is 12. The number of nitrogens with one attached hydrogen (secondary N) is 1. The molecular formula is C26H43NO5S. The number of unbranched alkanes of at least 4 members (excludes halogenated alkanes) is 1. The van der Waals surface area contributed by atoms with E-state index < -0.39 is 10.1 Å². The van der Waals surface area contributed by atoms with Gasteiger partial charge in [-0.2, -0.15) is 8.42 Å². The van der Waals surface area contributed by atoms with E-state index in [9.17, 15) is 13.2 Å². The highest BCUT2D eigenvalue weighted by Crippen LogP contribution is 2.38. The highest BCUT2D eigenvalue weighted by Gasteiger charge is 2.35. The minimum Gasteiger partial charge on any atom is -0.368 e. The molecule has 1 aliphatic rings. The molecule has 3 atom stereocenters. The topological polar surface area (TPSA) is 81.7 Å². The van der Waals surface area contributed by atoms with E-state index in [-0.39, 0.29) is 30.8 Å². The molecule has 0 unspecified atom stereocenters. The first-order valence-corrected chi connectivity index (χ1v) is 14.1. The molecule has 188 valence electrons. The van der Waals surface area contributed by atoms with Crippen LogP contribution >= 0.6 is 0 Å². The number of carbonyl (C=O) groups excluding carboxylic acids is 1. The maximum atomic E-state index is 12.2. The molecule has 0 saturated carbocycles. The van der Waals surface area contributed by atoms with Crippen molar-refractivity contribution in [3.8, 4) is 0 Å². The standard InChI is InChI=1S/C26H43NO5S/c1-16(2)20-13-21(17(3)4)26(22(14-20)18(5)6)19(7)32-24-15-25(28)27-23(24)11-9-10-12-31-33(8,29)30/h13-14,16-19,23-24H,9-12,15H2,1-8H3,(H,27,28)/t19-,23+,24+/m1/s1. The van der Waals surface area contributed by atoms with Crippen molar-refractivity contribution in [2.75, 3.05) is 12.9 Å². The molecule has 0 bridgehead atoms. The fourth-order valence-electron chi connectivity index (χ4n) is 4.57. The maximum Gasteiger partial charge on any atom is 0.264 e. The Labute approximate surface area is 200 Å². The molecule has 1 aromatic rings. The van der Waals surface area contributed by atoms with Crippen molar-refractivity contribution in [3.05, 3.63) is 34.4 Å². The Morgan fingerprint density at radius 3 is 2.03 bits per heavy atom. The van der Waals surface area contributed by atoms with Crippen LogP contribution in [0.5, 0.6) is 0 Å². The molecule has 1 heterocycles. The second-order valence-corrected chi connectivity index (χ2v) is 11.9. The van der Waals surface area contributed by atoms with Crippen LogP contribution in [0.1, 0.15) is 120 Å². The number of hydrogen-bond acceptors (Lipinski definition) is 5. The van der Waals surface area contributed by atoms with E-state index in [4.69, 9.17) is 8.92 Å². The molecule has 6 nitrogen and oxygen atoms in total. The Bertz CT molecular complexity index is 878. The lowest BCUT2D eigenvalue weighted by Gasteiger charge is -2.30. The van der Waals surface area contributed by atoms with Gasteiger partial charge in [-0.1, -0.05) is 53.7 Å². The first-order chi connectivity index (χ1) is 15.3. The summed E-state index contributed by atoms with van der Waals surface area (Å²) in [6.07, 6.45) is 3.19. The van der Waals surface area contributed by atoms with Gasteiger partial charge < -0.3 is 10.1 Å². The van der Waals surface area contributed by atoms with Crippen molar-refractivity contribution < 1.29 is 22.1 Å². The van der Waals surface area contributed by atoms with E-state index in [1.165, 1.54) is 22.3 Å². The average molecular weight is 482 g/mol. The summed E-state index contributed by atoms with van der Waals surface area (Å²) in [5, 5.41) is 3.04. The smallest absolute Gasteiger partial charge is 0.264 e. The molecule has 0 radical (unpaired) electrons. The molecule has 0 spiro atoms. The SMILES string of the molecule is CC(C)c1cc(C(C)C)c([C@@H](C)O[C@H]2CC(=O)N[C@H]2CCCCOS(C)(=O)=O)c(C(C)C)c1. The van der Waals surface area contributed by atoms with Crippen molar-refractivity contribution in [2.24, 2.45) is 0 Å². The predicted octanol–water partition coefficient (Wildman–Crippen LogP) is 5.54. The molecule has 1 fully saturated rings. The Hall–Kier alpha value is -1.44. The third-order valence-corrected chi connectivity index (χ3v) is 6.95. The zero-order chi connectivity index (χ0) is 24.9. The molecule has 0 aliphatic carbocycles. The Morgan fingerprint density at radius 2 is 1.55 bits per heavy atom. The number of ether oxygens (including phenoxy) is 1. The van der Waals surface area contributed by atoms with E-state index in [1.807, 2.05) is 0 Å². The minimum atomic E-state index is -3.42. The first-order valence-electron chi connectivity index (χ1n) is 12.3. The third kappa shape index (κ3) is 8.08. The summed E-state index contributed by atoms with van der Waals surface area (Å²) in [7, 11) is -3.42. The second kappa shape index (κ2) is 11.8. The van der Waals surface area contributed by atoms with E-state index in [0.717, 1.165) is 19.1 Å². The normalized spacial score (nSPS) is 20.2. The van der Waals surface area contributed by atoms with Crippen LogP contribution in [0, 0.1) is 0 Å². The first kappa shape index (κ1) is 27.8. The van der Waals surface area contributed by atoms with E-state index in [0.29, 0.717) is 30.6 Å². The number of benzene rings is 1. The van der Waals surface area contributed by atoms with Crippen molar-refractivity contribution in [2.45, 2.75) is 110 Å². The summed E-state index contributed by atoms with van der Waals surface area (Å²) >= 11 is 0. The van der Waals surface area contributed by atoms with Crippen molar-refractivity contribution in [1.29, 1.82) is 0 Å². The van der Waals surface area contributed by atoms with Crippen molar-refractivity contribution in [1.82, 2.24) is 5.32 Å². The molecule has 33 heavy (non-hydrogen) atoms.